The average molecular weight is 192 g/mol. The maximum Gasteiger partial charge on any atom is 0.230 e. The lowest BCUT2D eigenvalue weighted by atomic mass is 9.91. The van der Waals surface area contributed by atoms with Crippen molar-refractivity contribution in [3.63, 3.8) is 0 Å². The molecule has 0 spiro atoms. The highest BCUT2D eigenvalue weighted by Crippen LogP contribution is 2.36. The van der Waals surface area contributed by atoms with Crippen molar-refractivity contribution in [1.82, 2.24) is 0 Å². The van der Waals surface area contributed by atoms with E-state index in [0.717, 1.165) is 30.9 Å². The molecule has 0 unspecified atom stereocenters. The van der Waals surface area contributed by atoms with Crippen LogP contribution in [0.4, 0.5) is 0 Å². The second-order valence-corrected chi connectivity index (χ2v) is 4.09. The van der Waals surface area contributed by atoms with E-state index in [0.29, 0.717) is 6.79 Å². The molecule has 14 heavy (non-hydrogen) atoms. The van der Waals surface area contributed by atoms with E-state index in [1.54, 1.807) is 0 Å². The molecule has 0 N–H and O–H groups in total. The summed E-state index contributed by atoms with van der Waals surface area (Å²) < 4.78 is 13.1. The molecule has 2 heterocycles. The third kappa shape index (κ3) is 1.15. The zero-order valence-corrected chi connectivity index (χ0v) is 8.38. The second kappa shape index (κ2) is 2.87. The van der Waals surface area contributed by atoms with Gasteiger partial charge in [-0.25, -0.2) is 4.58 Å². The maximum atomic E-state index is 5.43. The van der Waals surface area contributed by atoms with Crippen molar-refractivity contribution in [2.45, 2.75) is 19.3 Å². The van der Waals surface area contributed by atoms with Gasteiger partial charge in [0.15, 0.2) is 6.21 Å². The Morgan fingerprint density at radius 1 is 1.21 bits per heavy atom. The zero-order valence-electron chi connectivity index (χ0n) is 8.38. The van der Waals surface area contributed by atoms with Gasteiger partial charge in [-0.15, -0.1) is 0 Å². The van der Waals surface area contributed by atoms with Crippen LogP contribution in [0.25, 0.3) is 0 Å². The molecule has 0 saturated carbocycles. The Bertz CT molecular complexity index is 377. The highest BCUT2D eigenvalue weighted by Gasteiger charge is 2.29. The van der Waals surface area contributed by atoms with E-state index in [9.17, 15) is 0 Å². The number of nitrogens with zero attached hydrogens (tertiary/aromatic N) is 1. The normalized spacial score (nSPS) is 25.1. The molecule has 3 heteroatoms. The van der Waals surface area contributed by atoms with Crippen molar-refractivity contribution in [3.8, 4) is 0 Å². The molecule has 0 saturated heterocycles. The molecule has 74 valence electrons. The smallest absolute Gasteiger partial charge is 0.230 e. The number of rotatable bonds is 0. The van der Waals surface area contributed by atoms with Crippen molar-refractivity contribution in [3.05, 3.63) is 22.7 Å². The lowest BCUT2D eigenvalue weighted by Gasteiger charge is -2.19. The molecule has 3 nitrogen and oxygen atoms in total. The molecule has 3 aliphatic rings. The van der Waals surface area contributed by atoms with Gasteiger partial charge in [-0.05, 0) is 5.57 Å². The van der Waals surface area contributed by atoms with Gasteiger partial charge in [-0.1, -0.05) is 0 Å². The van der Waals surface area contributed by atoms with Gasteiger partial charge in [0.25, 0.3) is 0 Å². The highest BCUT2D eigenvalue weighted by atomic mass is 16.7. The minimum atomic E-state index is 0.418. The fraction of sp³-hybridized carbons (Fsp3) is 0.545. The predicted octanol–water partition coefficient (Wildman–Crippen LogP) is 1.41. The van der Waals surface area contributed by atoms with Gasteiger partial charge in [0.1, 0.15) is 25.1 Å². The first-order valence-corrected chi connectivity index (χ1v) is 5.06. The highest BCUT2D eigenvalue weighted by molar-refractivity contribution is 5.78. The van der Waals surface area contributed by atoms with Crippen LogP contribution in [-0.4, -0.2) is 31.2 Å². The quantitative estimate of drug-likeness (QED) is 0.541. The van der Waals surface area contributed by atoms with Crippen LogP contribution in [0.3, 0.4) is 0 Å². The van der Waals surface area contributed by atoms with Crippen LogP contribution in [0.15, 0.2) is 22.7 Å². The summed E-state index contributed by atoms with van der Waals surface area (Å²) >= 11 is 0. The van der Waals surface area contributed by atoms with E-state index < -0.39 is 0 Å². The van der Waals surface area contributed by atoms with E-state index in [4.69, 9.17) is 9.47 Å². The van der Waals surface area contributed by atoms with Gasteiger partial charge >= 0.3 is 0 Å². The Labute approximate surface area is 83.3 Å². The summed E-state index contributed by atoms with van der Waals surface area (Å²) in [5.41, 5.74) is 2.97. The summed E-state index contributed by atoms with van der Waals surface area (Å²) in [6.45, 7) is 1.55. The van der Waals surface area contributed by atoms with Crippen LogP contribution in [0.1, 0.15) is 19.3 Å². The molecule has 0 bridgehead atoms. The van der Waals surface area contributed by atoms with Crippen molar-refractivity contribution in [2.75, 3.05) is 20.4 Å². The molecule has 0 aromatic carbocycles. The van der Waals surface area contributed by atoms with Gasteiger partial charge in [0.2, 0.25) is 6.79 Å². The van der Waals surface area contributed by atoms with E-state index >= 15 is 0 Å². The number of hydrogen-bond donors (Lipinski definition) is 0. The Hall–Kier alpha value is -1.25. The molecule has 0 fully saturated rings. The van der Waals surface area contributed by atoms with Crippen LogP contribution in [0.2, 0.25) is 0 Å². The minimum Gasteiger partial charge on any atom is -0.458 e. The molecule has 2 aliphatic heterocycles. The molecule has 0 aromatic heterocycles. The summed E-state index contributed by atoms with van der Waals surface area (Å²) in [4.78, 5) is 0. The van der Waals surface area contributed by atoms with Crippen molar-refractivity contribution < 1.29 is 14.0 Å². The van der Waals surface area contributed by atoms with Crippen molar-refractivity contribution in [1.29, 1.82) is 0 Å². The van der Waals surface area contributed by atoms with Crippen molar-refractivity contribution in [2.24, 2.45) is 0 Å². The van der Waals surface area contributed by atoms with Crippen LogP contribution in [-0.2, 0) is 9.47 Å². The third-order valence-electron chi connectivity index (χ3n) is 3.10. The molecule has 1 aliphatic carbocycles. The molecular weight excluding hydrogens is 178 g/mol. The Morgan fingerprint density at radius 3 is 2.86 bits per heavy atom. The molecule has 0 atom stereocenters. The fourth-order valence-electron chi connectivity index (χ4n) is 2.27. The summed E-state index contributed by atoms with van der Waals surface area (Å²) in [5.74, 6) is 2.12. The molecule has 0 amide bonds. The first-order valence-electron chi connectivity index (χ1n) is 5.06. The van der Waals surface area contributed by atoms with Gasteiger partial charge in [-0.3, -0.25) is 0 Å². The van der Waals surface area contributed by atoms with E-state index in [1.165, 1.54) is 17.6 Å². The summed E-state index contributed by atoms with van der Waals surface area (Å²) in [6, 6.07) is 0. The molecular formula is C11H14NO2+. The topological polar surface area (TPSA) is 21.5 Å². The fourth-order valence-corrected chi connectivity index (χ4v) is 2.27. The van der Waals surface area contributed by atoms with Crippen LogP contribution < -0.4 is 0 Å². The monoisotopic (exact) mass is 192 g/mol. The molecule has 0 radical (unpaired) electrons. The standard InChI is InChI=1S/C11H14NO2/c1-12-3-2-8-4-10-11(14-7-13-10)5-9(8)6-12/h6H,2-5,7H2,1H3/q+1. The number of ether oxygens (including phenoxy) is 2. The Balaban J connectivity index is 1.91. The number of hydrogen-bond acceptors (Lipinski definition) is 2. The van der Waals surface area contributed by atoms with Crippen LogP contribution in [0.5, 0.6) is 0 Å². The predicted molar refractivity (Wildman–Crippen MR) is 52.1 cm³/mol. The van der Waals surface area contributed by atoms with Gasteiger partial charge in [0, 0.05) is 24.8 Å². The number of allylic oxidation sites excluding steroid dienone is 2. The SMILES string of the molecule is C[N+]1=CC2=C(CC1)CC1=C(C2)OCO1. The van der Waals surface area contributed by atoms with Gasteiger partial charge in [-0.2, -0.15) is 0 Å². The van der Waals surface area contributed by atoms with Gasteiger partial charge < -0.3 is 9.47 Å². The largest absolute Gasteiger partial charge is 0.458 e. The summed E-state index contributed by atoms with van der Waals surface area (Å²) in [7, 11) is 2.12. The van der Waals surface area contributed by atoms with Crippen LogP contribution >= 0.6 is 0 Å². The minimum absolute atomic E-state index is 0.418. The first-order chi connectivity index (χ1) is 6.83. The Kier molecular flexibility index (Phi) is 1.66. The van der Waals surface area contributed by atoms with E-state index in [1.807, 2.05) is 0 Å². The van der Waals surface area contributed by atoms with E-state index in [2.05, 4.69) is 17.8 Å². The molecule has 0 aromatic rings. The maximum absolute atomic E-state index is 5.43. The van der Waals surface area contributed by atoms with Gasteiger partial charge in [0.05, 0.1) is 0 Å². The van der Waals surface area contributed by atoms with Crippen LogP contribution in [0, 0.1) is 0 Å². The second-order valence-electron chi connectivity index (χ2n) is 4.09. The van der Waals surface area contributed by atoms with Crippen molar-refractivity contribution >= 4 is 6.21 Å². The summed E-state index contributed by atoms with van der Waals surface area (Å²) in [5, 5.41) is 0. The first kappa shape index (κ1) is 8.09. The lowest BCUT2D eigenvalue weighted by Crippen LogP contribution is -2.20. The Morgan fingerprint density at radius 2 is 2.00 bits per heavy atom. The average Bonchev–Trinajstić information content (AvgIpc) is 2.61. The summed E-state index contributed by atoms with van der Waals surface area (Å²) in [6.07, 6.45) is 5.30. The lowest BCUT2D eigenvalue weighted by molar-refractivity contribution is -0.493. The molecule has 3 rings (SSSR count). The van der Waals surface area contributed by atoms with E-state index in [-0.39, 0.29) is 0 Å². The third-order valence-corrected chi connectivity index (χ3v) is 3.10. The zero-order chi connectivity index (χ0) is 9.54.